The molecule has 0 bridgehead atoms. The zero-order valence-corrected chi connectivity index (χ0v) is 6.75. The molecule has 0 saturated carbocycles. The summed E-state index contributed by atoms with van der Waals surface area (Å²) in [7, 11) is 0. The van der Waals surface area contributed by atoms with Crippen LogP contribution >= 0.6 is 0 Å². The predicted molar refractivity (Wildman–Crippen MR) is 43.5 cm³/mol. The van der Waals surface area contributed by atoms with Crippen molar-refractivity contribution in [1.82, 2.24) is 0 Å². The minimum absolute atomic E-state index is 0.00662. The number of benzene rings is 1. The Morgan fingerprint density at radius 2 is 2.38 bits per heavy atom. The van der Waals surface area contributed by atoms with Crippen LogP contribution < -0.4 is 10.5 Å². The smallest absolute Gasteiger partial charge is 0.141 e. The van der Waals surface area contributed by atoms with Gasteiger partial charge in [-0.25, -0.2) is 4.39 Å². The Labute approximate surface area is 74.5 Å². The largest absolute Gasteiger partial charge is 0.491 e. The third kappa shape index (κ3) is 1.14. The molecule has 0 saturated heterocycles. The molecule has 0 aromatic heterocycles. The standard InChI is InChI=1S/C9H7FN2O/c10-7-2-6-8(12)4-13-9(6)1-5(7)3-11/h1-2,8H,4,12H2/t8-/m1/s1. The molecule has 0 radical (unpaired) electrons. The molecule has 0 amide bonds. The van der Waals surface area contributed by atoms with Crippen LogP contribution in [0.15, 0.2) is 12.1 Å². The van der Waals surface area contributed by atoms with Crippen molar-refractivity contribution in [3.05, 3.63) is 29.1 Å². The molecule has 0 unspecified atom stereocenters. The van der Waals surface area contributed by atoms with E-state index in [1.807, 2.05) is 0 Å². The SMILES string of the molecule is N#Cc1cc2c(cc1F)[C@H](N)CO2. The normalized spacial score (nSPS) is 19.0. The monoisotopic (exact) mass is 178 g/mol. The Bertz CT molecular complexity index is 397. The van der Waals surface area contributed by atoms with Crippen molar-refractivity contribution in [3.8, 4) is 11.8 Å². The minimum atomic E-state index is -0.540. The van der Waals surface area contributed by atoms with Crippen LogP contribution in [0.25, 0.3) is 0 Å². The van der Waals surface area contributed by atoms with Gasteiger partial charge in [-0.1, -0.05) is 0 Å². The van der Waals surface area contributed by atoms with Gasteiger partial charge < -0.3 is 10.5 Å². The lowest BCUT2D eigenvalue weighted by Gasteiger charge is -2.01. The maximum atomic E-state index is 13.1. The first-order valence-corrected chi connectivity index (χ1v) is 3.84. The highest BCUT2D eigenvalue weighted by Gasteiger charge is 2.22. The first-order chi connectivity index (χ1) is 6.22. The van der Waals surface area contributed by atoms with Gasteiger partial charge in [-0.15, -0.1) is 0 Å². The van der Waals surface area contributed by atoms with E-state index in [4.69, 9.17) is 15.7 Å². The van der Waals surface area contributed by atoms with Gasteiger partial charge in [0, 0.05) is 11.6 Å². The van der Waals surface area contributed by atoms with Crippen LogP contribution in [0.2, 0.25) is 0 Å². The number of fused-ring (bicyclic) bond motifs is 1. The summed E-state index contributed by atoms with van der Waals surface area (Å²) in [6, 6.07) is 4.12. The summed E-state index contributed by atoms with van der Waals surface area (Å²) >= 11 is 0. The van der Waals surface area contributed by atoms with Crippen molar-refractivity contribution in [2.24, 2.45) is 5.73 Å². The minimum Gasteiger partial charge on any atom is -0.491 e. The van der Waals surface area contributed by atoms with Crippen molar-refractivity contribution in [3.63, 3.8) is 0 Å². The van der Waals surface area contributed by atoms with Gasteiger partial charge in [0.2, 0.25) is 0 Å². The molecule has 1 atom stereocenters. The second kappa shape index (κ2) is 2.71. The predicted octanol–water partition coefficient (Wildman–Crippen LogP) is 1.09. The fourth-order valence-corrected chi connectivity index (χ4v) is 1.34. The van der Waals surface area contributed by atoms with Crippen LogP contribution in [0, 0.1) is 17.1 Å². The van der Waals surface area contributed by atoms with E-state index in [0.717, 1.165) is 0 Å². The van der Waals surface area contributed by atoms with Crippen molar-refractivity contribution < 1.29 is 9.13 Å². The Morgan fingerprint density at radius 1 is 1.62 bits per heavy atom. The zero-order chi connectivity index (χ0) is 9.42. The van der Waals surface area contributed by atoms with E-state index in [1.54, 1.807) is 6.07 Å². The fraction of sp³-hybridized carbons (Fsp3) is 0.222. The molecule has 3 nitrogen and oxygen atoms in total. The molecule has 13 heavy (non-hydrogen) atoms. The van der Waals surface area contributed by atoms with Crippen molar-refractivity contribution in [2.45, 2.75) is 6.04 Å². The van der Waals surface area contributed by atoms with Gasteiger partial charge in [0.15, 0.2) is 0 Å². The molecule has 1 aromatic rings. The van der Waals surface area contributed by atoms with Crippen LogP contribution in [-0.2, 0) is 0 Å². The molecule has 0 aliphatic carbocycles. The first-order valence-electron chi connectivity index (χ1n) is 3.84. The Kier molecular flexibility index (Phi) is 1.67. The maximum absolute atomic E-state index is 13.1. The lowest BCUT2D eigenvalue weighted by atomic mass is 10.1. The number of nitriles is 1. The molecule has 1 heterocycles. The summed E-state index contributed by atoms with van der Waals surface area (Å²) in [5.41, 5.74) is 6.26. The topological polar surface area (TPSA) is 59.0 Å². The summed E-state index contributed by atoms with van der Waals surface area (Å²) in [6.45, 7) is 0.351. The first kappa shape index (κ1) is 8.02. The lowest BCUT2D eigenvalue weighted by molar-refractivity contribution is 0.333. The van der Waals surface area contributed by atoms with Crippen molar-refractivity contribution >= 4 is 0 Å². The number of nitrogens with zero attached hydrogens (tertiary/aromatic N) is 1. The van der Waals surface area contributed by atoms with E-state index in [-0.39, 0.29) is 11.6 Å². The lowest BCUT2D eigenvalue weighted by Crippen LogP contribution is -2.10. The van der Waals surface area contributed by atoms with Crippen molar-refractivity contribution in [1.29, 1.82) is 5.26 Å². The van der Waals surface area contributed by atoms with Gasteiger partial charge >= 0.3 is 0 Å². The zero-order valence-electron chi connectivity index (χ0n) is 6.75. The van der Waals surface area contributed by atoms with Crippen LogP contribution in [0.1, 0.15) is 17.2 Å². The summed E-state index contributed by atoms with van der Waals surface area (Å²) in [5.74, 6) is -0.0207. The van der Waals surface area contributed by atoms with Gasteiger partial charge in [-0.05, 0) is 6.07 Å². The average molecular weight is 178 g/mol. The molecule has 0 fully saturated rings. The van der Waals surface area contributed by atoms with Gasteiger partial charge in [0.25, 0.3) is 0 Å². The molecular formula is C9H7FN2O. The van der Waals surface area contributed by atoms with Crippen LogP contribution in [0.5, 0.6) is 5.75 Å². The van der Waals surface area contributed by atoms with E-state index in [9.17, 15) is 4.39 Å². The van der Waals surface area contributed by atoms with E-state index in [2.05, 4.69) is 0 Å². The van der Waals surface area contributed by atoms with Gasteiger partial charge in [0.1, 0.15) is 24.2 Å². The number of hydrogen-bond donors (Lipinski definition) is 1. The number of nitrogens with two attached hydrogens (primary N) is 1. The highest BCUT2D eigenvalue weighted by Crippen LogP contribution is 2.32. The fourth-order valence-electron chi connectivity index (χ4n) is 1.34. The second-order valence-electron chi connectivity index (χ2n) is 2.90. The molecule has 2 rings (SSSR count). The summed E-state index contributed by atoms with van der Waals surface area (Å²) in [6.07, 6.45) is 0. The van der Waals surface area contributed by atoms with Crippen LogP contribution in [0.4, 0.5) is 4.39 Å². The molecule has 1 aromatic carbocycles. The second-order valence-corrected chi connectivity index (χ2v) is 2.90. The third-order valence-electron chi connectivity index (χ3n) is 2.04. The Morgan fingerprint density at radius 3 is 3.08 bits per heavy atom. The molecule has 4 heteroatoms. The van der Waals surface area contributed by atoms with E-state index < -0.39 is 5.82 Å². The number of ether oxygens (including phenoxy) is 1. The number of hydrogen-bond acceptors (Lipinski definition) is 3. The number of rotatable bonds is 0. The molecular weight excluding hydrogens is 171 g/mol. The average Bonchev–Trinajstić information content (AvgIpc) is 2.47. The van der Waals surface area contributed by atoms with Gasteiger partial charge in [-0.3, -0.25) is 0 Å². The Balaban J connectivity index is 2.58. The van der Waals surface area contributed by atoms with Gasteiger partial charge in [-0.2, -0.15) is 5.26 Å². The van der Waals surface area contributed by atoms with Crippen LogP contribution in [-0.4, -0.2) is 6.61 Å². The highest BCUT2D eigenvalue weighted by molar-refractivity contribution is 5.46. The van der Waals surface area contributed by atoms with E-state index >= 15 is 0 Å². The molecule has 66 valence electrons. The summed E-state index contributed by atoms with van der Waals surface area (Å²) in [5, 5.41) is 8.54. The molecule has 1 aliphatic heterocycles. The third-order valence-corrected chi connectivity index (χ3v) is 2.04. The van der Waals surface area contributed by atoms with E-state index in [1.165, 1.54) is 12.1 Å². The Hall–Kier alpha value is -1.60. The summed E-state index contributed by atoms with van der Waals surface area (Å²) in [4.78, 5) is 0. The summed E-state index contributed by atoms with van der Waals surface area (Å²) < 4.78 is 18.3. The molecule has 0 spiro atoms. The van der Waals surface area contributed by atoms with E-state index in [0.29, 0.717) is 17.9 Å². The quantitative estimate of drug-likeness (QED) is 0.646. The molecule has 2 N–H and O–H groups in total. The maximum Gasteiger partial charge on any atom is 0.141 e. The van der Waals surface area contributed by atoms with Gasteiger partial charge in [0.05, 0.1) is 11.6 Å². The molecule has 1 aliphatic rings. The van der Waals surface area contributed by atoms with Crippen molar-refractivity contribution in [2.75, 3.05) is 6.61 Å². The highest BCUT2D eigenvalue weighted by atomic mass is 19.1. The number of halogens is 1. The van der Waals surface area contributed by atoms with Crippen LogP contribution in [0.3, 0.4) is 0 Å².